The van der Waals surface area contributed by atoms with E-state index < -0.39 is 10.8 Å². The highest BCUT2D eigenvalue weighted by molar-refractivity contribution is 5.99. The second kappa shape index (κ2) is 6.53. The molecule has 3 N–H and O–H groups in total. The van der Waals surface area contributed by atoms with E-state index in [0.29, 0.717) is 5.69 Å². The zero-order valence-electron chi connectivity index (χ0n) is 12.0. The number of amides is 1. The summed E-state index contributed by atoms with van der Waals surface area (Å²) in [5.74, 6) is -0.433. The molecule has 0 aliphatic carbocycles. The van der Waals surface area contributed by atoms with Crippen molar-refractivity contribution in [3.05, 3.63) is 33.9 Å². The number of nitrogens with one attached hydrogen (secondary N) is 1. The van der Waals surface area contributed by atoms with Crippen molar-refractivity contribution in [1.82, 2.24) is 10.2 Å². The molecule has 2 rings (SSSR count). The van der Waals surface area contributed by atoms with Gasteiger partial charge >= 0.3 is 0 Å². The molecule has 1 unspecified atom stereocenters. The van der Waals surface area contributed by atoms with Crippen LogP contribution in [0.1, 0.15) is 30.1 Å². The van der Waals surface area contributed by atoms with E-state index in [9.17, 15) is 14.9 Å². The molecule has 1 aromatic rings. The van der Waals surface area contributed by atoms with Crippen molar-refractivity contribution < 1.29 is 9.72 Å². The number of nitrogens with two attached hydrogens (primary N) is 1. The number of piperidine rings is 1. The number of nitro benzene ring substituents is 1. The van der Waals surface area contributed by atoms with Crippen molar-refractivity contribution >= 4 is 17.3 Å². The van der Waals surface area contributed by atoms with Crippen LogP contribution in [0.3, 0.4) is 0 Å². The fourth-order valence-corrected chi connectivity index (χ4v) is 2.62. The molecule has 0 radical (unpaired) electrons. The Kier molecular flexibility index (Phi) is 4.74. The number of nitro groups is 1. The molecule has 0 bridgehead atoms. The van der Waals surface area contributed by atoms with Crippen LogP contribution in [0.5, 0.6) is 0 Å². The van der Waals surface area contributed by atoms with Crippen molar-refractivity contribution in [3.8, 4) is 0 Å². The molecule has 1 amide bonds. The summed E-state index contributed by atoms with van der Waals surface area (Å²) >= 11 is 0. The fourth-order valence-electron chi connectivity index (χ4n) is 2.62. The number of nitrogen functional groups attached to an aromatic ring is 1. The van der Waals surface area contributed by atoms with Gasteiger partial charge in [0.15, 0.2) is 0 Å². The molecular weight excluding hydrogens is 272 g/mol. The normalized spacial score (nSPS) is 19.2. The average Bonchev–Trinajstić information content (AvgIpc) is 2.47. The van der Waals surface area contributed by atoms with Gasteiger partial charge in [-0.3, -0.25) is 14.9 Å². The van der Waals surface area contributed by atoms with Gasteiger partial charge < -0.3 is 16.0 Å². The predicted molar refractivity (Wildman–Crippen MR) is 80.1 cm³/mol. The average molecular weight is 292 g/mol. The van der Waals surface area contributed by atoms with Gasteiger partial charge in [-0.2, -0.15) is 0 Å². The van der Waals surface area contributed by atoms with E-state index in [2.05, 4.69) is 17.1 Å². The first-order valence-electron chi connectivity index (χ1n) is 7.08. The summed E-state index contributed by atoms with van der Waals surface area (Å²) < 4.78 is 0. The molecule has 7 nitrogen and oxygen atoms in total. The largest absolute Gasteiger partial charge is 0.399 e. The smallest absolute Gasteiger partial charge is 0.282 e. The number of likely N-dealkylation sites (tertiary alicyclic amines) is 1. The van der Waals surface area contributed by atoms with Crippen molar-refractivity contribution in [2.75, 3.05) is 25.4 Å². The van der Waals surface area contributed by atoms with Gasteiger partial charge in [0.25, 0.3) is 11.6 Å². The van der Waals surface area contributed by atoms with E-state index in [-0.39, 0.29) is 17.3 Å². The van der Waals surface area contributed by atoms with Crippen LogP contribution in [0.2, 0.25) is 0 Å². The Balaban J connectivity index is 2.13. The maximum Gasteiger partial charge on any atom is 0.282 e. The number of carbonyl (C=O) groups excluding carboxylic acids is 1. The van der Waals surface area contributed by atoms with Gasteiger partial charge in [-0.25, -0.2) is 0 Å². The maximum atomic E-state index is 12.3. The minimum atomic E-state index is -0.562. The Morgan fingerprint density at radius 2 is 2.33 bits per heavy atom. The number of hydrogen-bond acceptors (Lipinski definition) is 5. The van der Waals surface area contributed by atoms with Crippen LogP contribution in [-0.2, 0) is 0 Å². The van der Waals surface area contributed by atoms with Gasteiger partial charge in [0.05, 0.1) is 4.92 Å². The quantitative estimate of drug-likeness (QED) is 0.496. The van der Waals surface area contributed by atoms with E-state index in [1.54, 1.807) is 0 Å². The Morgan fingerprint density at radius 1 is 1.57 bits per heavy atom. The standard InChI is InChI=1S/C14H20N4O3/c1-2-17-7-3-4-11(9-17)16-14(19)12-8-10(15)5-6-13(12)18(20)21/h5-6,8,11H,2-4,7,9,15H2,1H3,(H,16,19). The zero-order chi connectivity index (χ0) is 15.4. The molecule has 1 saturated heterocycles. The first-order valence-corrected chi connectivity index (χ1v) is 7.08. The van der Waals surface area contributed by atoms with Crippen LogP contribution in [0.4, 0.5) is 11.4 Å². The number of anilines is 1. The highest BCUT2D eigenvalue weighted by Crippen LogP contribution is 2.21. The summed E-state index contributed by atoms with van der Waals surface area (Å²) in [6.45, 7) is 4.82. The Bertz CT molecular complexity index is 547. The van der Waals surface area contributed by atoms with E-state index in [1.165, 1.54) is 18.2 Å². The third-order valence-corrected chi connectivity index (χ3v) is 3.75. The number of rotatable bonds is 4. The summed E-state index contributed by atoms with van der Waals surface area (Å²) in [6.07, 6.45) is 1.90. The monoisotopic (exact) mass is 292 g/mol. The zero-order valence-corrected chi connectivity index (χ0v) is 12.0. The molecule has 0 spiro atoms. The van der Waals surface area contributed by atoms with Gasteiger partial charge in [0.2, 0.25) is 0 Å². The summed E-state index contributed by atoms with van der Waals surface area (Å²) in [5.41, 5.74) is 5.77. The number of carbonyl (C=O) groups is 1. The number of hydrogen-bond donors (Lipinski definition) is 2. The summed E-state index contributed by atoms with van der Waals surface area (Å²) in [5, 5.41) is 13.9. The Hall–Kier alpha value is -2.15. The highest BCUT2D eigenvalue weighted by Gasteiger charge is 2.25. The minimum Gasteiger partial charge on any atom is -0.399 e. The van der Waals surface area contributed by atoms with Crippen LogP contribution >= 0.6 is 0 Å². The second-order valence-electron chi connectivity index (χ2n) is 5.24. The number of likely N-dealkylation sites (N-methyl/N-ethyl adjacent to an activating group) is 1. The van der Waals surface area contributed by atoms with Crippen molar-refractivity contribution in [1.29, 1.82) is 0 Å². The van der Waals surface area contributed by atoms with Crippen LogP contribution in [0.15, 0.2) is 18.2 Å². The summed E-state index contributed by atoms with van der Waals surface area (Å²) in [7, 11) is 0. The van der Waals surface area contributed by atoms with Gasteiger partial charge in [-0.15, -0.1) is 0 Å². The van der Waals surface area contributed by atoms with E-state index in [1.807, 2.05) is 0 Å². The fraction of sp³-hybridized carbons (Fsp3) is 0.500. The molecule has 1 aliphatic rings. The van der Waals surface area contributed by atoms with Gasteiger partial charge in [-0.05, 0) is 38.1 Å². The summed E-state index contributed by atoms with van der Waals surface area (Å²) in [6, 6.07) is 4.07. The van der Waals surface area contributed by atoms with Crippen molar-refractivity contribution in [2.24, 2.45) is 0 Å². The number of nitrogens with zero attached hydrogens (tertiary/aromatic N) is 2. The molecule has 1 fully saturated rings. The lowest BCUT2D eigenvalue weighted by atomic mass is 10.0. The maximum absolute atomic E-state index is 12.3. The topological polar surface area (TPSA) is 102 Å². The minimum absolute atomic E-state index is 0.0206. The van der Waals surface area contributed by atoms with Crippen LogP contribution in [-0.4, -0.2) is 41.4 Å². The molecule has 21 heavy (non-hydrogen) atoms. The molecule has 0 aromatic heterocycles. The Morgan fingerprint density at radius 3 is 3.00 bits per heavy atom. The molecule has 0 saturated carbocycles. The molecule has 1 aromatic carbocycles. The van der Waals surface area contributed by atoms with Crippen molar-refractivity contribution in [2.45, 2.75) is 25.8 Å². The molecule has 1 atom stereocenters. The lowest BCUT2D eigenvalue weighted by Crippen LogP contribution is -2.47. The second-order valence-corrected chi connectivity index (χ2v) is 5.24. The van der Waals surface area contributed by atoms with E-state index in [0.717, 1.165) is 32.5 Å². The number of benzene rings is 1. The third-order valence-electron chi connectivity index (χ3n) is 3.75. The van der Waals surface area contributed by atoms with Crippen LogP contribution < -0.4 is 11.1 Å². The van der Waals surface area contributed by atoms with E-state index in [4.69, 9.17) is 5.73 Å². The molecule has 1 heterocycles. The first kappa shape index (κ1) is 15.2. The molecule has 114 valence electrons. The predicted octanol–water partition coefficient (Wildman–Crippen LogP) is 1.39. The SMILES string of the molecule is CCN1CCCC(NC(=O)c2cc(N)ccc2[N+](=O)[O-])C1. The molecular formula is C14H20N4O3. The summed E-state index contributed by atoms with van der Waals surface area (Å²) in [4.78, 5) is 25.0. The van der Waals surface area contributed by atoms with Crippen molar-refractivity contribution in [3.63, 3.8) is 0 Å². The van der Waals surface area contributed by atoms with Gasteiger partial charge in [-0.1, -0.05) is 6.92 Å². The van der Waals surface area contributed by atoms with Gasteiger partial charge in [0.1, 0.15) is 5.56 Å². The lowest BCUT2D eigenvalue weighted by Gasteiger charge is -2.32. The van der Waals surface area contributed by atoms with Gasteiger partial charge in [0, 0.05) is 24.3 Å². The van der Waals surface area contributed by atoms with Crippen LogP contribution in [0.25, 0.3) is 0 Å². The lowest BCUT2D eigenvalue weighted by molar-refractivity contribution is -0.385. The van der Waals surface area contributed by atoms with E-state index >= 15 is 0 Å². The van der Waals surface area contributed by atoms with Crippen LogP contribution in [0, 0.1) is 10.1 Å². The third kappa shape index (κ3) is 3.69. The molecule has 7 heteroatoms. The Labute approximate surface area is 123 Å². The highest BCUT2D eigenvalue weighted by atomic mass is 16.6. The molecule has 1 aliphatic heterocycles. The first-order chi connectivity index (χ1) is 10.0.